The molecule has 0 bridgehead atoms. The van der Waals surface area contributed by atoms with Crippen molar-refractivity contribution in [2.24, 2.45) is 0 Å². The molecule has 2 aromatic heterocycles. The monoisotopic (exact) mass is 759 g/mol. The Labute approximate surface area is 344 Å². The van der Waals surface area contributed by atoms with Gasteiger partial charge in [0.05, 0.1) is 28.8 Å². The Morgan fingerprint density at radius 3 is 1.93 bits per heavy atom. The molecule has 0 radical (unpaired) electrons. The summed E-state index contributed by atoms with van der Waals surface area (Å²) in [6.07, 6.45) is 20.1. The van der Waals surface area contributed by atoms with Crippen LogP contribution in [-0.2, 0) is 0 Å². The van der Waals surface area contributed by atoms with Gasteiger partial charge in [0, 0.05) is 85.3 Å². The van der Waals surface area contributed by atoms with E-state index in [-0.39, 0.29) is 18.0 Å². The molecule has 1 N–H and O–H groups in total. The van der Waals surface area contributed by atoms with E-state index in [9.17, 15) is 0 Å². The molecule has 0 fully saturated rings. The number of aromatic nitrogens is 2. The average Bonchev–Trinajstić information content (AvgIpc) is 3.93. The molecule has 4 aliphatic rings. The van der Waals surface area contributed by atoms with Gasteiger partial charge in [-0.25, -0.2) is 0 Å². The maximum atomic E-state index is 4.76. The topological polar surface area (TPSA) is 36.3 Å². The van der Waals surface area contributed by atoms with E-state index in [1.165, 1.54) is 55.7 Å². The highest BCUT2D eigenvalue weighted by Crippen LogP contribution is 2.55. The van der Waals surface area contributed by atoms with Gasteiger partial charge in [0.25, 0.3) is 0 Å². The normalized spacial score (nSPS) is 19.6. The lowest BCUT2D eigenvalue weighted by atomic mass is 9.87. The highest BCUT2D eigenvalue weighted by atomic mass is 15.2. The zero-order chi connectivity index (χ0) is 39.0. The predicted octanol–water partition coefficient (Wildman–Crippen LogP) is 13.4. The number of nitrogens with one attached hydrogen (secondary N) is 1. The van der Waals surface area contributed by atoms with Crippen molar-refractivity contribution in [3.05, 3.63) is 217 Å². The molecule has 4 heterocycles. The van der Waals surface area contributed by atoms with Gasteiger partial charge in [-0.1, -0.05) is 127 Å². The number of hydrogen-bond donors (Lipinski definition) is 1. The van der Waals surface area contributed by atoms with Crippen molar-refractivity contribution in [1.82, 2.24) is 9.55 Å². The van der Waals surface area contributed by atoms with E-state index in [2.05, 4.69) is 215 Å². The minimum absolute atomic E-state index is 0.108. The quantitative estimate of drug-likeness (QED) is 0.183. The van der Waals surface area contributed by atoms with Crippen LogP contribution in [0.3, 0.4) is 0 Å². The van der Waals surface area contributed by atoms with Gasteiger partial charge >= 0.3 is 0 Å². The first-order valence-electron chi connectivity index (χ1n) is 20.6. The third-order valence-electron chi connectivity index (χ3n) is 12.8. The Bertz CT molecular complexity index is 3060. The zero-order valence-corrected chi connectivity index (χ0v) is 32.7. The van der Waals surface area contributed by atoms with Crippen molar-refractivity contribution < 1.29 is 0 Å². The minimum atomic E-state index is 0.108. The van der Waals surface area contributed by atoms with Gasteiger partial charge < -0.3 is 19.7 Å². The molecular formula is C54H41N5. The number of benzene rings is 6. The van der Waals surface area contributed by atoms with E-state index in [4.69, 9.17) is 4.98 Å². The summed E-state index contributed by atoms with van der Waals surface area (Å²) >= 11 is 0. The van der Waals surface area contributed by atoms with Crippen LogP contribution in [0.25, 0.3) is 38.6 Å². The molecule has 59 heavy (non-hydrogen) atoms. The summed E-state index contributed by atoms with van der Waals surface area (Å²) < 4.78 is 2.39. The summed E-state index contributed by atoms with van der Waals surface area (Å²) in [5, 5.41) is 6.56. The number of allylic oxidation sites excluding steroid dienone is 4. The van der Waals surface area contributed by atoms with Crippen LogP contribution in [0.1, 0.15) is 28.7 Å². The van der Waals surface area contributed by atoms with E-state index in [0.29, 0.717) is 5.92 Å². The highest BCUT2D eigenvalue weighted by molar-refractivity contribution is 6.09. The van der Waals surface area contributed by atoms with Crippen LogP contribution in [0.5, 0.6) is 0 Å². The van der Waals surface area contributed by atoms with Gasteiger partial charge in [-0.05, 0) is 79.2 Å². The molecule has 0 amide bonds. The smallest absolute Gasteiger partial charge is 0.0630 e. The van der Waals surface area contributed by atoms with Gasteiger partial charge in [-0.3, -0.25) is 4.98 Å². The minimum Gasteiger partial charge on any atom is -0.355 e. The van der Waals surface area contributed by atoms with E-state index in [0.717, 1.165) is 33.9 Å². The number of hydrogen-bond acceptors (Lipinski definition) is 4. The number of para-hydroxylation sites is 3. The van der Waals surface area contributed by atoms with Crippen molar-refractivity contribution in [2.45, 2.75) is 30.8 Å². The number of rotatable bonds is 6. The molecule has 282 valence electrons. The Balaban J connectivity index is 1.01. The molecule has 12 rings (SSSR count). The van der Waals surface area contributed by atoms with Crippen LogP contribution in [0, 0.1) is 6.92 Å². The summed E-state index contributed by atoms with van der Waals surface area (Å²) in [4.78, 5) is 9.84. The van der Waals surface area contributed by atoms with Crippen molar-refractivity contribution in [3.63, 3.8) is 0 Å². The third-order valence-corrected chi connectivity index (χ3v) is 12.8. The maximum absolute atomic E-state index is 4.76. The second-order valence-electron chi connectivity index (χ2n) is 16.0. The van der Waals surface area contributed by atoms with Crippen LogP contribution in [0.15, 0.2) is 200 Å². The maximum Gasteiger partial charge on any atom is 0.0630 e. The van der Waals surface area contributed by atoms with E-state index >= 15 is 0 Å². The number of aryl methyl sites for hydroxylation is 1. The first-order chi connectivity index (χ1) is 29.2. The summed E-state index contributed by atoms with van der Waals surface area (Å²) in [6, 6.07) is 53.5. The fraction of sp³-hybridized carbons (Fsp3) is 0.0926. The van der Waals surface area contributed by atoms with E-state index in [1.54, 1.807) is 0 Å². The first kappa shape index (κ1) is 33.7. The molecule has 4 unspecified atom stereocenters. The summed E-state index contributed by atoms with van der Waals surface area (Å²) in [6.45, 7) is 2.11. The number of pyridine rings is 1. The Morgan fingerprint density at radius 2 is 1.15 bits per heavy atom. The molecule has 0 saturated heterocycles. The molecule has 4 atom stereocenters. The fourth-order valence-electron chi connectivity index (χ4n) is 10.3. The first-order valence-corrected chi connectivity index (χ1v) is 20.6. The molecule has 2 aliphatic heterocycles. The van der Waals surface area contributed by atoms with Crippen LogP contribution >= 0.6 is 0 Å². The standard InChI is InChI=1S/C54H41N5/c1-35-40(24-14-32-55-35)45-30-31-52-53(54(45)56-36-15-12-16-37(33-36)57-47-25-7-2-19-41(47)42-20-3-8-26-48(42)57)46-23-6-11-29-51(46)59(52)39-18-13-17-38(34-39)58-49-27-9-4-21-43(49)44-22-5-10-28-50(44)58/h2-34,43,46,49,51,56H,1H3. The van der Waals surface area contributed by atoms with E-state index in [1.807, 2.05) is 12.3 Å². The lowest BCUT2D eigenvalue weighted by Gasteiger charge is -2.32. The SMILES string of the molecule is Cc1ncccc1-c1ccc2c(c1Nc1cccc(-n3c4ccccc4c4ccccc43)c1)C1C=CC=CC1N2c1cccc(N2c3ccccc3C3C=CC=CC32)c1. The zero-order valence-electron chi connectivity index (χ0n) is 32.7. The number of anilines is 6. The summed E-state index contributed by atoms with van der Waals surface area (Å²) in [5.74, 6) is 0.460. The van der Waals surface area contributed by atoms with Crippen molar-refractivity contribution in [1.29, 1.82) is 0 Å². The Kier molecular flexibility index (Phi) is 7.64. The average molecular weight is 760 g/mol. The molecule has 0 spiro atoms. The van der Waals surface area contributed by atoms with Crippen LogP contribution in [-0.4, -0.2) is 21.6 Å². The Hall–Kier alpha value is -7.37. The van der Waals surface area contributed by atoms with Crippen molar-refractivity contribution in [3.8, 4) is 16.8 Å². The summed E-state index contributed by atoms with van der Waals surface area (Å²) in [7, 11) is 0. The Morgan fingerprint density at radius 1 is 0.508 bits per heavy atom. The van der Waals surface area contributed by atoms with E-state index < -0.39 is 0 Å². The molecule has 0 saturated carbocycles. The molecule has 6 aromatic carbocycles. The predicted molar refractivity (Wildman–Crippen MR) is 245 cm³/mol. The molecule has 5 heteroatoms. The molecule has 8 aromatic rings. The molecule has 5 nitrogen and oxygen atoms in total. The number of nitrogens with zero attached hydrogens (tertiary/aromatic N) is 4. The molecule has 2 aliphatic carbocycles. The summed E-state index contributed by atoms with van der Waals surface area (Å²) in [5.41, 5.74) is 16.5. The van der Waals surface area contributed by atoms with Crippen LogP contribution < -0.4 is 15.1 Å². The van der Waals surface area contributed by atoms with Crippen molar-refractivity contribution in [2.75, 3.05) is 15.1 Å². The van der Waals surface area contributed by atoms with Crippen LogP contribution in [0.2, 0.25) is 0 Å². The van der Waals surface area contributed by atoms with Gasteiger partial charge in [-0.2, -0.15) is 0 Å². The number of fused-ring (bicyclic) bond motifs is 9. The van der Waals surface area contributed by atoms with Gasteiger partial charge in [0.2, 0.25) is 0 Å². The van der Waals surface area contributed by atoms with Gasteiger partial charge in [-0.15, -0.1) is 0 Å². The highest BCUT2D eigenvalue weighted by Gasteiger charge is 2.41. The largest absolute Gasteiger partial charge is 0.355 e. The third kappa shape index (κ3) is 5.21. The lowest BCUT2D eigenvalue weighted by Crippen LogP contribution is -2.30. The van der Waals surface area contributed by atoms with Gasteiger partial charge in [0.1, 0.15) is 0 Å². The van der Waals surface area contributed by atoms with Gasteiger partial charge in [0.15, 0.2) is 0 Å². The molecular weight excluding hydrogens is 719 g/mol. The lowest BCUT2D eigenvalue weighted by molar-refractivity contribution is 0.739. The second-order valence-corrected chi connectivity index (χ2v) is 16.0. The van der Waals surface area contributed by atoms with Crippen LogP contribution in [0.4, 0.5) is 34.1 Å². The fourth-order valence-corrected chi connectivity index (χ4v) is 10.3. The second kappa shape index (κ2) is 13.4. The van der Waals surface area contributed by atoms with Crippen molar-refractivity contribution >= 4 is 55.9 Å².